The smallest absolute Gasteiger partial charge is 0.303 e. The molecular weight excluding hydrogens is 360 g/mol. The van der Waals surface area contributed by atoms with Gasteiger partial charge in [-0.25, -0.2) is 8.42 Å². The minimum absolute atomic E-state index is 0.132. The first-order valence-electron chi connectivity index (χ1n) is 8.59. The molecule has 0 unspecified atom stereocenters. The van der Waals surface area contributed by atoms with Crippen molar-refractivity contribution in [2.75, 3.05) is 32.8 Å². The van der Waals surface area contributed by atoms with Crippen molar-refractivity contribution in [3.8, 4) is 0 Å². The van der Waals surface area contributed by atoms with E-state index in [1.54, 1.807) is 0 Å². The lowest BCUT2D eigenvalue weighted by atomic mass is 10.2. The van der Waals surface area contributed by atoms with Crippen LogP contribution in [0, 0.1) is 0 Å². The van der Waals surface area contributed by atoms with Gasteiger partial charge in [0.1, 0.15) is 0 Å². The number of ether oxygens (including phenoxy) is 1. The highest BCUT2D eigenvalue weighted by atomic mass is 32.2. The second kappa shape index (κ2) is 9.65. The van der Waals surface area contributed by atoms with Gasteiger partial charge in [-0.3, -0.25) is 9.59 Å². The zero-order valence-electron chi connectivity index (χ0n) is 14.5. The number of carbonyl (C=O) groups is 2. The Hall–Kier alpha value is -1.97. The van der Waals surface area contributed by atoms with Crippen molar-refractivity contribution < 1.29 is 27.9 Å². The minimum atomic E-state index is -3.57. The van der Waals surface area contributed by atoms with Crippen LogP contribution in [0.15, 0.2) is 29.2 Å². The van der Waals surface area contributed by atoms with Gasteiger partial charge in [0.2, 0.25) is 10.0 Å². The Morgan fingerprint density at radius 1 is 1.08 bits per heavy atom. The molecule has 0 bridgehead atoms. The van der Waals surface area contributed by atoms with Crippen molar-refractivity contribution in [2.24, 2.45) is 0 Å². The Kier molecular flexibility index (Phi) is 7.55. The van der Waals surface area contributed by atoms with Crippen molar-refractivity contribution in [3.63, 3.8) is 0 Å². The topological polar surface area (TPSA) is 113 Å². The van der Waals surface area contributed by atoms with Crippen LogP contribution in [0.2, 0.25) is 0 Å². The van der Waals surface area contributed by atoms with Crippen LogP contribution in [-0.2, 0) is 19.6 Å². The maximum Gasteiger partial charge on any atom is 0.303 e. The van der Waals surface area contributed by atoms with E-state index in [4.69, 9.17) is 9.84 Å². The average molecular weight is 384 g/mol. The number of amides is 1. The summed E-state index contributed by atoms with van der Waals surface area (Å²) in [6.07, 6.45) is 2.14. The van der Waals surface area contributed by atoms with E-state index >= 15 is 0 Å². The number of hydrogen-bond acceptors (Lipinski definition) is 5. The van der Waals surface area contributed by atoms with Crippen LogP contribution in [0.3, 0.4) is 0 Å². The highest BCUT2D eigenvalue weighted by Gasteiger charge is 2.26. The first-order chi connectivity index (χ1) is 12.4. The Morgan fingerprint density at radius 3 is 2.35 bits per heavy atom. The molecule has 144 valence electrons. The summed E-state index contributed by atoms with van der Waals surface area (Å²) in [4.78, 5) is 22.6. The van der Waals surface area contributed by atoms with Gasteiger partial charge in [0.15, 0.2) is 0 Å². The molecule has 1 aliphatic rings. The van der Waals surface area contributed by atoms with Gasteiger partial charge >= 0.3 is 5.97 Å². The molecule has 1 aromatic carbocycles. The highest BCUT2D eigenvalue weighted by Crippen LogP contribution is 2.17. The lowest BCUT2D eigenvalue weighted by molar-refractivity contribution is -0.137. The molecule has 2 N–H and O–H groups in total. The third-order valence-electron chi connectivity index (χ3n) is 4.08. The van der Waals surface area contributed by atoms with Crippen LogP contribution in [0.4, 0.5) is 0 Å². The Labute approximate surface area is 153 Å². The molecule has 1 saturated heterocycles. The summed E-state index contributed by atoms with van der Waals surface area (Å²) in [5, 5.41) is 11.3. The average Bonchev–Trinajstić information content (AvgIpc) is 2.65. The summed E-state index contributed by atoms with van der Waals surface area (Å²) < 4.78 is 31.6. The van der Waals surface area contributed by atoms with Gasteiger partial charge in [-0.2, -0.15) is 4.31 Å². The van der Waals surface area contributed by atoms with E-state index in [2.05, 4.69) is 5.32 Å². The van der Waals surface area contributed by atoms with Gasteiger partial charge in [0.05, 0.1) is 18.1 Å². The molecule has 1 fully saturated rings. The number of sulfonamides is 1. The highest BCUT2D eigenvalue weighted by molar-refractivity contribution is 7.89. The number of morpholine rings is 1. The molecule has 0 radical (unpaired) electrons. The molecule has 0 atom stereocenters. The Bertz CT molecular complexity index is 711. The zero-order chi connectivity index (χ0) is 19.0. The van der Waals surface area contributed by atoms with Gasteiger partial charge in [-0.1, -0.05) is 6.42 Å². The standard InChI is InChI=1S/C17H24N2O6S/c20-16(21)4-2-1-3-9-18-17(22)14-5-7-15(8-6-14)26(23,24)19-10-12-25-13-11-19/h5-8H,1-4,9-13H2,(H,18,22)(H,20,21). The van der Waals surface area contributed by atoms with Gasteiger partial charge in [0.25, 0.3) is 5.91 Å². The fourth-order valence-electron chi connectivity index (χ4n) is 2.60. The third kappa shape index (κ3) is 5.79. The van der Waals surface area contributed by atoms with Gasteiger partial charge in [-0.05, 0) is 37.1 Å². The predicted octanol–water partition coefficient (Wildman–Crippen LogP) is 1.08. The molecule has 9 heteroatoms. The Morgan fingerprint density at radius 2 is 1.73 bits per heavy atom. The van der Waals surface area contributed by atoms with Crippen LogP contribution in [0.5, 0.6) is 0 Å². The number of benzene rings is 1. The normalized spacial score (nSPS) is 15.5. The molecule has 1 heterocycles. The largest absolute Gasteiger partial charge is 0.481 e. The monoisotopic (exact) mass is 384 g/mol. The van der Waals surface area contributed by atoms with E-state index in [0.29, 0.717) is 51.3 Å². The van der Waals surface area contributed by atoms with E-state index in [-0.39, 0.29) is 17.2 Å². The van der Waals surface area contributed by atoms with Crippen molar-refractivity contribution in [3.05, 3.63) is 29.8 Å². The second-order valence-corrected chi connectivity index (χ2v) is 7.94. The maximum absolute atomic E-state index is 12.5. The fourth-order valence-corrected chi connectivity index (χ4v) is 4.00. The van der Waals surface area contributed by atoms with Gasteiger partial charge < -0.3 is 15.2 Å². The number of unbranched alkanes of at least 4 members (excludes halogenated alkanes) is 2. The molecule has 0 saturated carbocycles. The Balaban J connectivity index is 1.84. The first-order valence-corrected chi connectivity index (χ1v) is 10.0. The van der Waals surface area contributed by atoms with Crippen molar-refractivity contribution in [1.82, 2.24) is 9.62 Å². The van der Waals surface area contributed by atoms with Crippen LogP contribution in [0.1, 0.15) is 36.0 Å². The van der Waals surface area contributed by atoms with E-state index < -0.39 is 16.0 Å². The summed E-state index contributed by atoms with van der Waals surface area (Å²) in [5.74, 6) is -1.10. The van der Waals surface area contributed by atoms with Gasteiger partial charge in [-0.15, -0.1) is 0 Å². The van der Waals surface area contributed by atoms with Crippen molar-refractivity contribution in [1.29, 1.82) is 0 Å². The van der Waals surface area contributed by atoms with E-state index in [9.17, 15) is 18.0 Å². The molecule has 0 spiro atoms. The summed E-state index contributed by atoms with van der Waals surface area (Å²) >= 11 is 0. The molecule has 1 aliphatic heterocycles. The number of nitrogens with zero attached hydrogens (tertiary/aromatic N) is 1. The summed E-state index contributed by atoms with van der Waals surface area (Å²) in [6.45, 7) is 1.86. The molecular formula is C17H24N2O6S. The first kappa shape index (κ1) is 20.3. The summed E-state index contributed by atoms with van der Waals surface area (Å²) in [5.41, 5.74) is 0.386. The molecule has 0 aliphatic carbocycles. The molecule has 2 rings (SSSR count). The summed E-state index contributed by atoms with van der Waals surface area (Å²) in [6, 6.07) is 5.86. The molecule has 8 nitrogen and oxygen atoms in total. The third-order valence-corrected chi connectivity index (χ3v) is 5.99. The van der Waals surface area contributed by atoms with Crippen LogP contribution < -0.4 is 5.32 Å². The van der Waals surface area contributed by atoms with E-state index in [1.807, 2.05) is 0 Å². The molecule has 1 amide bonds. The quantitative estimate of drug-likeness (QED) is 0.616. The molecule has 1 aromatic rings. The van der Waals surface area contributed by atoms with Gasteiger partial charge in [0, 0.05) is 31.6 Å². The number of rotatable bonds is 9. The lowest BCUT2D eigenvalue weighted by Crippen LogP contribution is -2.40. The minimum Gasteiger partial charge on any atom is -0.481 e. The molecule has 26 heavy (non-hydrogen) atoms. The predicted molar refractivity (Wildman–Crippen MR) is 94.5 cm³/mol. The summed E-state index contributed by atoms with van der Waals surface area (Å²) in [7, 11) is -3.57. The fraction of sp³-hybridized carbons (Fsp3) is 0.529. The van der Waals surface area contributed by atoms with E-state index in [0.717, 1.165) is 6.42 Å². The number of aliphatic carboxylic acids is 1. The number of nitrogens with one attached hydrogen (secondary N) is 1. The number of carboxylic acid groups (broad SMARTS) is 1. The van der Waals surface area contributed by atoms with Crippen LogP contribution in [0.25, 0.3) is 0 Å². The van der Waals surface area contributed by atoms with Crippen LogP contribution in [-0.4, -0.2) is 62.6 Å². The van der Waals surface area contributed by atoms with Crippen molar-refractivity contribution >= 4 is 21.9 Å². The van der Waals surface area contributed by atoms with Crippen LogP contribution >= 0.6 is 0 Å². The van der Waals surface area contributed by atoms with E-state index in [1.165, 1.54) is 28.6 Å². The maximum atomic E-state index is 12.5. The SMILES string of the molecule is O=C(O)CCCCCNC(=O)c1ccc(S(=O)(=O)N2CCOCC2)cc1. The second-order valence-electron chi connectivity index (χ2n) is 6.00. The van der Waals surface area contributed by atoms with Crippen molar-refractivity contribution in [2.45, 2.75) is 30.6 Å². The molecule has 0 aromatic heterocycles. The lowest BCUT2D eigenvalue weighted by Gasteiger charge is -2.26. The number of carboxylic acids is 1. The number of carbonyl (C=O) groups excluding carboxylic acids is 1. The zero-order valence-corrected chi connectivity index (χ0v) is 15.3. The number of hydrogen-bond donors (Lipinski definition) is 2.